The number of carbonyl (C=O) groups excluding carboxylic acids is 1. The van der Waals surface area contributed by atoms with Crippen LogP contribution in [0.1, 0.15) is 33.4 Å². The van der Waals surface area contributed by atoms with Gasteiger partial charge >= 0.3 is 14.2 Å². The first-order valence-electron chi connectivity index (χ1n) is 9.66. The molecule has 0 aromatic carbocycles. The van der Waals surface area contributed by atoms with Gasteiger partial charge in [0.05, 0.1) is 32.3 Å². The van der Waals surface area contributed by atoms with Gasteiger partial charge in [0.1, 0.15) is 6.23 Å². The lowest BCUT2D eigenvalue weighted by Gasteiger charge is -2.18. The summed E-state index contributed by atoms with van der Waals surface area (Å²) in [6.45, 7) is 5.83. The van der Waals surface area contributed by atoms with Crippen LogP contribution in [0.25, 0.3) is 11.2 Å². The lowest BCUT2D eigenvalue weighted by Crippen LogP contribution is -2.16. The number of nitrogen functional groups attached to an aromatic ring is 1. The van der Waals surface area contributed by atoms with Gasteiger partial charge in [0, 0.05) is 5.92 Å². The van der Waals surface area contributed by atoms with Crippen molar-refractivity contribution in [3.63, 3.8) is 0 Å². The average Bonchev–Trinajstić information content (AvgIpc) is 3.28. The number of rotatable bonds is 10. The van der Waals surface area contributed by atoms with Crippen molar-refractivity contribution in [3.8, 4) is 5.88 Å². The molecule has 1 aliphatic rings. The van der Waals surface area contributed by atoms with Crippen LogP contribution < -0.4 is 10.5 Å². The van der Waals surface area contributed by atoms with Crippen LogP contribution in [0.2, 0.25) is 0 Å². The van der Waals surface area contributed by atoms with Crippen LogP contribution in [0, 0.1) is 5.92 Å². The summed E-state index contributed by atoms with van der Waals surface area (Å²) in [5.74, 6) is -0.0901. The molecule has 3 heterocycles. The largest absolute Gasteiger partial charge is 0.476 e. The Bertz CT molecular complexity index is 908. The highest BCUT2D eigenvalue weighted by molar-refractivity contribution is 7.33. The molecule has 1 fully saturated rings. The van der Waals surface area contributed by atoms with Crippen molar-refractivity contribution in [2.45, 2.75) is 39.5 Å². The van der Waals surface area contributed by atoms with Crippen LogP contribution in [-0.2, 0) is 27.9 Å². The van der Waals surface area contributed by atoms with Gasteiger partial charge in [-0.25, -0.2) is 9.78 Å². The third-order valence-electron chi connectivity index (χ3n) is 4.42. The quantitative estimate of drug-likeness (QED) is 0.422. The lowest BCUT2D eigenvalue weighted by molar-refractivity contribution is -0.145. The maximum absolute atomic E-state index is 11.8. The predicted molar refractivity (Wildman–Crippen MR) is 106 cm³/mol. The number of hydrogen-bond acceptors (Lipinski definition) is 11. The monoisotopic (exact) mass is 443 g/mol. The molecule has 0 spiro atoms. The summed E-state index contributed by atoms with van der Waals surface area (Å²) in [4.78, 5) is 23.9. The van der Waals surface area contributed by atoms with E-state index in [0.717, 1.165) is 0 Å². The molecule has 3 rings (SSSR count). The third-order valence-corrected chi connectivity index (χ3v) is 5.20. The number of carbonyl (C=O) groups is 1. The predicted octanol–water partition coefficient (Wildman–Crippen LogP) is 1.72. The summed E-state index contributed by atoms with van der Waals surface area (Å²) >= 11 is 0. The topological polar surface area (TPSA) is 150 Å². The number of fused-ring (bicyclic) bond motifs is 1. The molecular weight excluding hydrogens is 417 g/mol. The SMILES string of the molecule is CCOC(=O)CO[PH](=O)OC[C@@H]1C[C@H](C)C(n2cnc3c(OCC)nc(N)nc32)O1. The fourth-order valence-corrected chi connectivity index (χ4v) is 3.86. The van der Waals surface area contributed by atoms with Gasteiger partial charge in [-0.15, -0.1) is 0 Å². The van der Waals surface area contributed by atoms with Crippen LogP contribution in [0.5, 0.6) is 5.88 Å². The van der Waals surface area contributed by atoms with Gasteiger partial charge in [-0.3, -0.25) is 13.7 Å². The molecule has 4 atom stereocenters. The van der Waals surface area contributed by atoms with Gasteiger partial charge in [0.2, 0.25) is 11.8 Å². The van der Waals surface area contributed by atoms with Crippen molar-refractivity contribution in [1.82, 2.24) is 19.5 Å². The smallest absolute Gasteiger partial charge is 0.332 e. The van der Waals surface area contributed by atoms with Crippen molar-refractivity contribution in [3.05, 3.63) is 6.33 Å². The van der Waals surface area contributed by atoms with Gasteiger partial charge in [-0.05, 0) is 20.3 Å². The Labute approximate surface area is 174 Å². The van der Waals surface area contributed by atoms with E-state index in [4.69, 9.17) is 29.0 Å². The highest BCUT2D eigenvalue weighted by Crippen LogP contribution is 2.38. The number of aromatic nitrogens is 4. The van der Waals surface area contributed by atoms with Crippen molar-refractivity contribution in [1.29, 1.82) is 0 Å². The van der Waals surface area contributed by atoms with Crippen LogP contribution in [0.3, 0.4) is 0 Å². The van der Waals surface area contributed by atoms with Crippen LogP contribution in [-0.4, -0.2) is 58.0 Å². The molecule has 13 heteroatoms. The van der Waals surface area contributed by atoms with E-state index in [2.05, 4.69) is 15.0 Å². The van der Waals surface area contributed by atoms with Gasteiger partial charge in [-0.1, -0.05) is 6.92 Å². The van der Waals surface area contributed by atoms with Crippen molar-refractivity contribution in [2.75, 3.05) is 32.2 Å². The van der Waals surface area contributed by atoms with E-state index < -0.39 is 20.8 Å². The van der Waals surface area contributed by atoms with Crippen molar-refractivity contribution >= 4 is 31.3 Å². The van der Waals surface area contributed by atoms with Gasteiger partial charge < -0.3 is 24.5 Å². The molecule has 30 heavy (non-hydrogen) atoms. The maximum Gasteiger partial charge on any atom is 0.332 e. The summed E-state index contributed by atoms with van der Waals surface area (Å²) in [6.07, 6.45) is 1.59. The van der Waals surface area contributed by atoms with Gasteiger partial charge in [0.25, 0.3) is 0 Å². The molecule has 0 amide bonds. The van der Waals surface area contributed by atoms with Crippen molar-refractivity contribution in [2.24, 2.45) is 5.92 Å². The number of nitrogens with two attached hydrogens (primary N) is 1. The molecule has 0 aliphatic carbocycles. The van der Waals surface area contributed by atoms with Crippen LogP contribution in [0.15, 0.2) is 6.33 Å². The zero-order valence-electron chi connectivity index (χ0n) is 17.1. The molecule has 0 radical (unpaired) electrons. The molecular formula is C17H26N5O7P. The maximum atomic E-state index is 11.8. The summed E-state index contributed by atoms with van der Waals surface area (Å²) < 4.78 is 40.0. The van der Waals surface area contributed by atoms with Crippen LogP contribution in [0.4, 0.5) is 5.95 Å². The van der Waals surface area contributed by atoms with E-state index in [1.54, 1.807) is 17.8 Å². The fourth-order valence-electron chi connectivity index (χ4n) is 3.22. The summed E-state index contributed by atoms with van der Waals surface area (Å²) in [7, 11) is -2.83. The van der Waals surface area contributed by atoms with E-state index in [0.29, 0.717) is 30.1 Å². The lowest BCUT2D eigenvalue weighted by atomic mass is 10.1. The molecule has 1 saturated heterocycles. The average molecular weight is 443 g/mol. The van der Waals surface area contributed by atoms with E-state index >= 15 is 0 Å². The zero-order valence-corrected chi connectivity index (χ0v) is 18.1. The normalized spacial score (nSPS) is 22.3. The minimum Gasteiger partial charge on any atom is -0.476 e. The van der Waals surface area contributed by atoms with Crippen LogP contribution >= 0.6 is 8.25 Å². The van der Waals surface area contributed by atoms with E-state index in [1.165, 1.54) is 0 Å². The number of nitrogens with zero attached hydrogens (tertiary/aromatic N) is 4. The summed E-state index contributed by atoms with van der Waals surface area (Å²) in [5.41, 5.74) is 6.82. The highest BCUT2D eigenvalue weighted by Gasteiger charge is 2.35. The minimum absolute atomic E-state index is 0.0649. The fraction of sp³-hybridized carbons (Fsp3) is 0.647. The van der Waals surface area contributed by atoms with Gasteiger partial charge in [0.15, 0.2) is 17.8 Å². The first-order chi connectivity index (χ1) is 14.4. The molecule has 2 N–H and O–H groups in total. The second kappa shape index (κ2) is 10.2. The Morgan fingerprint density at radius 1 is 1.33 bits per heavy atom. The van der Waals surface area contributed by atoms with Gasteiger partial charge in [-0.2, -0.15) is 9.97 Å². The second-order valence-electron chi connectivity index (χ2n) is 6.66. The first-order valence-corrected chi connectivity index (χ1v) is 10.9. The molecule has 0 bridgehead atoms. The molecule has 12 nitrogen and oxygen atoms in total. The van der Waals surface area contributed by atoms with Crippen molar-refractivity contribution < 1.29 is 32.6 Å². The Morgan fingerprint density at radius 3 is 2.87 bits per heavy atom. The number of esters is 1. The number of anilines is 1. The summed E-state index contributed by atoms with van der Waals surface area (Å²) in [6, 6.07) is 0. The standard InChI is InChI=1S/C17H26N5O7P/c1-4-25-12(23)8-28-30(24)27-7-11-6-10(3)16(29-11)22-9-19-13-14(22)20-17(18)21-15(13)26-5-2/h9-11,16,30H,4-8H2,1-3H3,(H2,18,20,21)/t10-,11-,16?/m0/s1. The number of ether oxygens (including phenoxy) is 3. The Kier molecular flexibility index (Phi) is 7.59. The molecule has 2 aromatic rings. The number of imidazole rings is 1. The number of hydrogen-bond donors (Lipinski definition) is 1. The minimum atomic E-state index is -2.83. The molecule has 0 saturated carbocycles. The Balaban J connectivity index is 1.61. The first kappa shape index (κ1) is 22.4. The summed E-state index contributed by atoms with van der Waals surface area (Å²) in [5, 5.41) is 0. The third kappa shape index (κ3) is 5.25. The Hall–Kier alpha value is -2.27. The Morgan fingerprint density at radius 2 is 2.13 bits per heavy atom. The van der Waals surface area contributed by atoms with E-state index in [1.807, 2.05) is 13.8 Å². The van der Waals surface area contributed by atoms with E-state index in [-0.39, 0.29) is 37.4 Å². The molecule has 1 aliphatic heterocycles. The highest BCUT2D eigenvalue weighted by atomic mass is 31.1. The second-order valence-corrected chi connectivity index (χ2v) is 7.74. The van der Waals surface area contributed by atoms with E-state index in [9.17, 15) is 9.36 Å². The molecule has 166 valence electrons. The zero-order chi connectivity index (χ0) is 21.7. The molecule has 2 aromatic heterocycles. The molecule has 2 unspecified atom stereocenters.